The molecule has 0 saturated heterocycles. The summed E-state index contributed by atoms with van der Waals surface area (Å²) in [5.74, 6) is -1.25. The van der Waals surface area contributed by atoms with Gasteiger partial charge in [0.1, 0.15) is 0 Å². The zero-order chi connectivity index (χ0) is 7.44. The molecule has 0 aromatic rings. The van der Waals surface area contributed by atoms with Gasteiger partial charge in [0.2, 0.25) is 0 Å². The SMILES string of the molecule is CC(=O)OC(=O)C(C)C.[CaH2].[MgH2]. The van der Waals surface area contributed by atoms with Crippen molar-refractivity contribution in [1.29, 1.82) is 0 Å². The Balaban J connectivity index is -0.000000320. The number of carbonyl (C=O) groups is 2. The smallest absolute Gasteiger partial charge is 0.316 e. The molecule has 0 aromatic carbocycles. The average Bonchev–Trinajstić information content (AvgIpc) is 1.63. The summed E-state index contributed by atoms with van der Waals surface area (Å²) >= 11 is 0. The molecule has 0 spiro atoms. The van der Waals surface area contributed by atoms with Crippen LogP contribution in [0.5, 0.6) is 0 Å². The first kappa shape index (κ1) is 18.1. The minimum atomic E-state index is -0.547. The molecule has 0 radical (unpaired) electrons. The maximum absolute atomic E-state index is 10.5. The molecule has 0 N–H and O–H groups in total. The second-order valence-corrected chi connectivity index (χ2v) is 2.07. The quantitative estimate of drug-likeness (QED) is 0.305. The normalized spacial score (nSPS) is 7.64. The summed E-state index contributed by atoms with van der Waals surface area (Å²) in [6.45, 7) is 4.55. The molecule has 0 bridgehead atoms. The van der Waals surface area contributed by atoms with Gasteiger partial charge >= 0.3 is 72.7 Å². The topological polar surface area (TPSA) is 43.4 Å². The van der Waals surface area contributed by atoms with E-state index in [9.17, 15) is 9.59 Å². The van der Waals surface area contributed by atoms with Gasteiger partial charge in [-0.2, -0.15) is 0 Å². The van der Waals surface area contributed by atoms with Gasteiger partial charge in [-0.25, -0.2) is 0 Å². The van der Waals surface area contributed by atoms with Crippen LogP contribution in [0.15, 0.2) is 0 Å². The van der Waals surface area contributed by atoms with Crippen LogP contribution in [0.1, 0.15) is 20.8 Å². The van der Waals surface area contributed by atoms with E-state index in [1.165, 1.54) is 6.92 Å². The first-order valence-corrected chi connectivity index (χ1v) is 2.76. The van der Waals surface area contributed by atoms with Crippen LogP contribution in [-0.4, -0.2) is 72.7 Å². The molecule has 11 heavy (non-hydrogen) atoms. The Morgan fingerprint density at radius 1 is 1.27 bits per heavy atom. The summed E-state index contributed by atoms with van der Waals surface area (Å²) in [6, 6.07) is 0. The van der Waals surface area contributed by atoms with Gasteiger partial charge in [0, 0.05) is 6.92 Å². The van der Waals surface area contributed by atoms with Crippen molar-refractivity contribution in [2.45, 2.75) is 20.8 Å². The minimum absolute atomic E-state index is 0. The molecule has 0 aromatic heterocycles. The standard InChI is InChI=1S/C6H10O3.Ca.Mg.4H/c1-4(2)6(8)9-5(3)7;;;;;;/h4H,1-3H3;;;;;;. The van der Waals surface area contributed by atoms with Crippen molar-refractivity contribution in [1.82, 2.24) is 0 Å². The Labute approximate surface area is 112 Å². The van der Waals surface area contributed by atoms with Gasteiger partial charge in [-0.1, -0.05) is 13.8 Å². The zero-order valence-electron chi connectivity index (χ0n) is 5.80. The molecule has 0 heterocycles. The van der Waals surface area contributed by atoms with Gasteiger partial charge in [-0.05, 0) is 0 Å². The maximum atomic E-state index is 10.5. The van der Waals surface area contributed by atoms with Gasteiger partial charge in [-0.15, -0.1) is 0 Å². The second kappa shape index (κ2) is 9.26. The second-order valence-electron chi connectivity index (χ2n) is 2.07. The predicted octanol–water partition coefficient (Wildman–Crippen LogP) is -1.10. The van der Waals surface area contributed by atoms with E-state index in [-0.39, 0.29) is 66.7 Å². The summed E-state index contributed by atoms with van der Waals surface area (Å²) in [6.07, 6.45) is 0. The molecule has 0 fully saturated rings. The van der Waals surface area contributed by atoms with E-state index in [1.54, 1.807) is 13.8 Å². The molecule has 0 amide bonds. The van der Waals surface area contributed by atoms with Crippen LogP contribution in [0.2, 0.25) is 0 Å². The van der Waals surface area contributed by atoms with E-state index in [0.717, 1.165) is 0 Å². The zero-order valence-corrected chi connectivity index (χ0v) is 5.80. The molecular formula is C6H14CaMgO3. The van der Waals surface area contributed by atoms with E-state index in [0.29, 0.717) is 0 Å². The number of rotatable bonds is 1. The Hall–Kier alpha value is 1.17. The molecule has 0 aliphatic rings. The number of hydrogen-bond acceptors (Lipinski definition) is 3. The third-order valence-electron chi connectivity index (χ3n) is 0.716. The Morgan fingerprint density at radius 3 is 1.73 bits per heavy atom. The number of carbonyl (C=O) groups excluding carboxylic acids is 2. The van der Waals surface area contributed by atoms with Crippen molar-refractivity contribution in [2.75, 3.05) is 0 Å². The van der Waals surface area contributed by atoms with E-state index in [1.807, 2.05) is 0 Å². The third-order valence-corrected chi connectivity index (χ3v) is 0.716. The Kier molecular flexibility index (Phi) is 15.2. The van der Waals surface area contributed by atoms with Crippen LogP contribution < -0.4 is 0 Å². The molecule has 0 atom stereocenters. The summed E-state index contributed by atoms with van der Waals surface area (Å²) in [5, 5.41) is 0. The molecule has 0 unspecified atom stereocenters. The fourth-order valence-corrected chi connectivity index (χ4v) is 0.260. The third kappa shape index (κ3) is 11.2. The Bertz CT molecular complexity index is 136. The van der Waals surface area contributed by atoms with Crippen LogP contribution in [0.3, 0.4) is 0 Å². The summed E-state index contributed by atoms with van der Waals surface area (Å²) in [4.78, 5) is 20.6. The fraction of sp³-hybridized carbons (Fsp3) is 0.667. The molecule has 0 saturated carbocycles. The van der Waals surface area contributed by atoms with Crippen molar-refractivity contribution < 1.29 is 14.3 Å². The van der Waals surface area contributed by atoms with E-state index >= 15 is 0 Å². The van der Waals surface area contributed by atoms with Crippen LogP contribution in [0.25, 0.3) is 0 Å². The molecule has 60 valence electrons. The van der Waals surface area contributed by atoms with Gasteiger partial charge in [0.25, 0.3) is 0 Å². The van der Waals surface area contributed by atoms with Crippen molar-refractivity contribution in [3.63, 3.8) is 0 Å². The van der Waals surface area contributed by atoms with Crippen molar-refractivity contribution >= 4 is 72.7 Å². The molecule has 0 rings (SSSR count). The van der Waals surface area contributed by atoms with Gasteiger partial charge in [-0.3, -0.25) is 9.59 Å². The Morgan fingerprint density at radius 2 is 1.64 bits per heavy atom. The van der Waals surface area contributed by atoms with Crippen molar-refractivity contribution in [3.8, 4) is 0 Å². The largest absolute Gasteiger partial charge is 0.316 e. The minimum Gasteiger partial charge on any atom is 0.316 e. The molecular weight excluding hydrogens is 184 g/mol. The number of hydrogen-bond donors (Lipinski definition) is 0. The fourth-order valence-electron chi connectivity index (χ4n) is 0.260. The van der Waals surface area contributed by atoms with Crippen LogP contribution in [-0.2, 0) is 14.3 Å². The van der Waals surface area contributed by atoms with Gasteiger partial charge < -0.3 is 4.74 Å². The van der Waals surface area contributed by atoms with E-state index in [2.05, 4.69) is 4.74 Å². The van der Waals surface area contributed by atoms with Gasteiger partial charge in [0.05, 0.1) is 5.92 Å². The molecule has 0 aliphatic heterocycles. The molecule has 3 nitrogen and oxygen atoms in total. The summed E-state index contributed by atoms with van der Waals surface area (Å²) in [7, 11) is 0. The van der Waals surface area contributed by atoms with Crippen molar-refractivity contribution in [2.24, 2.45) is 5.92 Å². The number of esters is 2. The van der Waals surface area contributed by atoms with E-state index in [4.69, 9.17) is 0 Å². The first-order chi connectivity index (χ1) is 4.04. The van der Waals surface area contributed by atoms with Crippen LogP contribution in [0.4, 0.5) is 0 Å². The van der Waals surface area contributed by atoms with Crippen LogP contribution in [0, 0.1) is 5.92 Å². The monoisotopic (exact) mass is 198 g/mol. The van der Waals surface area contributed by atoms with Gasteiger partial charge in [0.15, 0.2) is 0 Å². The van der Waals surface area contributed by atoms with Crippen molar-refractivity contribution in [3.05, 3.63) is 0 Å². The number of ether oxygens (including phenoxy) is 1. The summed E-state index contributed by atoms with van der Waals surface area (Å²) in [5.41, 5.74) is 0. The van der Waals surface area contributed by atoms with E-state index < -0.39 is 11.9 Å². The summed E-state index contributed by atoms with van der Waals surface area (Å²) < 4.78 is 4.23. The maximum Gasteiger partial charge on any atom is 0.316 e. The predicted molar refractivity (Wildman–Crippen MR) is 48.7 cm³/mol. The molecule has 0 aliphatic carbocycles. The average molecular weight is 199 g/mol. The first-order valence-electron chi connectivity index (χ1n) is 2.76. The molecule has 5 heteroatoms. The van der Waals surface area contributed by atoms with Crippen LogP contribution >= 0.6 is 0 Å².